The first-order valence-corrected chi connectivity index (χ1v) is 10.7. The Morgan fingerprint density at radius 2 is 1.83 bits per heavy atom. The van der Waals surface area contributed by atoms with Crippen LogP contribution in [0.2, 0.25) is 0 Å². The molecule has 0 bridgehead atoms. The molecule has 2 fully saturated rings. The zero-order valence-electron chi connectivity index (χ0n) is 17.6. The number of rotatable bonds is 4. The summed E-state index contributed by atoms with van der Waals surface area (Å²) in [5.74, 6) is 2.67. The number of piperidine rings is 1. The highest BCUT2D eigenvalue weighted by Gasteiger charge is 2.27. The van der Waals surface area contributed by atoms with Crippen molar-refractivity contribution in [2.75, 3.05) is 26.3 Å². The molecular formula is C22H30N4O3. The van der Waals surface area contributed by atoms with E-state index >= 15 is 0 Å². The van der Waals surface area contributed by atoms with E-state index in [9.17, 15) is 4.79 Å². The van der Waals surface area contributed by atoms with Gasteiger partial charge < -0.3 is 14.2 Å². The predicted octanol–water partition coefficient (Wildman–Crippen LogP) is 3.58. The topological polar surface area (TPSA) is 81.4 Å². The molecule has 0 N–H and O–H groups in total. The maximum atomic E-state index is 12.7. The molecule has 2 aromatic rings. The second-order valence-corrected chi connectivity index (χ2v) is 8.34. The molecule has 0 atom stereocenters. The minimum Gasteiger partial charge on any atom is -0.381 e. The summed E-state index contributed by atoms with van der Waals surface area (Å²) in [6, 6.07) is 2.07. The summed E-state index contributed by atoms with van der Waals surface area (Å²) >= 11 is 0. The smallest absolute Gasteiger partial charge is 0.222 e. The Balaban J connectivity index is 1.41. The number of carbonyl (C=O) groups excluding carboxylic acids is 1. The van der Waals surface area contributed by atoms with Gasteiger partial charge in [-0.25, -0.2) is 9.97 Å². The summed E-state index contributed by atoms with van der Waals surface area (Å²) in [7, 11) is 0. The van der Waals surface area contributed by atoms with Gasteiger partial charge in [-0.15, -0.1) is 0 Å². The van der Waals surface area contributed by atoms with Crippen molar-refractivity contribution in [2.24, 2.45) is 5.92 Å². The molecule has 0 radical (unpaired) electrons. The van der Waals surface area contributed by atoms with Crippen LogP contribution in [0.3, 0.4) is 0 Å². The van der Waals surface area contributed by atoms with Gasteiger partial charge >= 0.3 is 0 Å². The van der Waals surface area contributed by atoms with Gasteiger partial charge in [-0.2, -0.15) is 0 Å². The number of amides is 1. The number of ether oxygens (including phenoxy) is 1. The van der Waals surface area contributed by atoms with E-state index in [1.807, 2.05) is 25.7 Å². The van der Waals surface area contributed by atoms with Crippen LogP contribution >= 0.6 is 0 Å². The van der Waals surface area contributed by atoms with Crippen molar-refractivity contribution in [1.82, 2.24) is 20.0 Å². The van der Waals surface area contributed by atoms with Crippen LogP contribution in [0.4, 0.5) is 0 Å². The van der Waals surface area contributed by atoms with Crippen LogP contribution in [-0.2, 0) is 9.53 Å². The summed E-state index contributed by atoms with van der Waals surface area (Å²) in [6.07, 6.45) is 4.56. The maximum Gasteiger partial charge on any atom is 0.222 e. The molecule has 0 unspecified atom stereocenters. The largest absolute Gasteiger partial charge is 0.381 e. The zero-order chi connectivity index (χ0) is 20.4. The number of carbonyl (C=O) groups is 1. The van der Waals surface area contributed by atoms with E-state index in [-0.39, 0.29) is 0 Å². The molecule has 7 heteroatoms. The van der Waals surface area contributed by atoms with Crippen LogP contribution in [0.5, 0.6) is 0 Å². The Morgan fingerprint density at radius 3 is 2.48 bits per heavy atom. The molecule has 0 aromatic carbocycles. The van der Waals surface area contributed by atoms with Gasteiger partial charge in [-0.1, -0.05) is 5.16 Å². The van der Waals surface area contributed by atoms with Gasteiger partial charge in [0.15, 0.2) is 0 Å². The lowest BCUT2D eigenvalue weighted by molar-refractivity contribution is -0.134. The normalized spacial score (nSPS) is 18.9. The Morgan fingerprint density at radius 1 is 1.10 bits per heavy atom. The molecule has 0 spiro atoms. The third-order valence-corrected chi connectivity index (χ3v) is 6.22. The molecule has 7 nitrogen and oxygen atoms in total. The number of aryl methyl sites for hydroxylation is 3. The minimum absolute atomic E-state index is 0.297. The number of hydrogen-bond donors (Lipinski definition) is 0. The zero-order valence-corrected chi connectivity index (χ0v) is 17.6. The summed E-state index contributed by atoms with van der Waals surface area (Å²) in [5.41, 5.74) is 3.74. The molecule has 0 aliphatic carbocycles. The molecule has 4 rings (SSSR count). The second kappa shape index (κ2) is 8.61. The van der Waals surface area contributed by atoms with Gasteiger partial charge in [-0.3, -0.25) is 4.79 Å². The number of aromatic nitrogens is 3. The van der Waals surface area contributed by atoms with Crippen molar-refractivity contribution in [3.63, 3.8) is 0 Å². The predicted molar refractivity (Wildman–Crippen MR) is 108 cm³/mol. The third kappa shape index (κ3) is 4.50. The summed E-state index contributed by atoms with van der Waals surface area (Å²) in [6.45, 7) is 8.96. The highest BCUT2D eigenvalue weighted by Crippen LogP contribution is 2.32. The summed E-state index contributed by atoms with van der Waals surface area (Å²) in [5, 5.41) is 4.05. The molecule has 1 amide bonds. The monoisotopic (exact) mass is 398 g/mol. The molecule has 0 saturated carbocycles. The fraction of sp³-hybridized carbons (Fsp3) is 0.636. The molecular weight excluding hydrogens is 368 g/mol. The van der Waals surface area contributed by atoms with Crippen molar-refractivity contribution < 1.29 is 14.1 Å². The van der Waals surface area contributed by atoms with E-state index in [1.165, 1.54) is 0 Å². The fourth-order valence-corrected chi connectivity index (χ4v) is 4.53. The second-order valence-electron chi connectivity index (χ2n) is 8.34. The Hall–Kier alpha value is -2.28. The van der Waals surface area contributed by atoms with Crippen LogP contribution < -0.4 is 0 Å². The van der Waals surface area contributed by atoms with Crippen molar-refractivity contribution in [1.29, 1.82) is 0 Å². The lowest BCUT2D eigenvalue weighted by Crippen LogP contribution is -2.39. The van der Waals surface area contributed by atoms with Crippen LogP contribution in [0.1, 0.15) is 61.0 Å². The van der Waals surface area contributed by atoms with Gasteiger partial charge in [0.1, 0.15) is 11.6 Å². The van der Waals surface area contributed by atoms with Crippen LogP contribution in [0.25, 0.3) is 11.3 Å². The van der Waals surface area contributed by atoms with Crippen LogP contribution in [0, 0.1) is 26.7 Å². The van der Waals surface area contributed by atoms with E-state index in [0.29, 0.717) is 24.2 Å². The first-order valence-electron chi connectivity index (χ1n) is 10.7. The molecule has 156 valence electrons. The Bertz CT molecular complexity index is 845. The van der Waals surface area contributed by atoms with Crippen molar-refractivity contribution in [3.8, 4) is 11.3 Å². The molecule has 29 heavy (non-hydrogen) atoms. The van der Waals surface area contributed by atoms with Gasteiger partial charge in [0.05, 0.1) is 17.0 Å². The van der Waals surface area contributed by atoms with Crippen LogP contribution in [0.15, 0.2) is 10.6 Å². The van der Waals surface area contributed by atoms with E-state index in [4.69, 9.17) is 14.2 Å². The summed E-state index contributed by atoms with van der Waals surface area (Å²) < 4.78 is 10.7. The van der Waals surface area contributed by atoms with Crippen molar-refractivity contribution >= 4 is 5.91 Å². The highest BCUT2D eigenvalue weighted by atomic mass is 16.5. The van der Waals surface area contributed by atoms with Crippen molar-refractivity contribution in [2.45, 2.75) is 58.8 Å². The summed E-state index contributed by atoms with van der Waals surface area (Å²) in [4.78, 5) is 24.1. The average Bonchev–Trinajstić information content (AvgIpc) is 3.06. The van der Waals surface area contributed by atoms with E-state index in [1.54, 1.807) is 0 Å². The van der Waals surface area contributed by atoms with E-state index in [2.05, 4.69) is 16.2 Å². The van der Waals surface area contributed by atoms with Gasteiger partial charge in [0, 0.05) is 44.3 Å². The van der Waals surface area contributed by atoms with E-state index < -0.39 is 0 Å². The quantitative estimate of drug-likeness (QED) is 0.783. The number of hydrogen-bond acceptors (Lipinski definition) is 6. The van der Waals surface area contributed by atoms with Gasteiger partial charge in [-0.05, 0) is 58.4 Å². The van der Waals surface area contributed by atoms with Crippen LogP contribution in [-0.4, -0.2) is 52.2 Å². The molecule has 4 heterocycles. The molecule has 2 saturated heterocycles. The molecule has 2 aliphatic rings. The SMILES string of the molecule is Cc1nc(-c2c(C)noc2C)cc(C2CCN(C(=O)CC3CCOCC3)CC2)n1. The first kappa shape index (κ1) is 20.0. The van der Waals surface area contributed by atoms with E-state index in [0.717, 1.165) is 86.2 Å². The third-order valence-electron chi connectivity index (χ3n) is 6.22. The Kier molecular flexibility index (Phi) is 5.94. The van der Waals surface area contributed by atoms with Crippen molar-refractivity contribution in [3.05, 3.63) is 29.0 Å². The number of nitrogens with zero attached hydrogens (tertiary/aromatic N) is 4. The highest BCUT2D eigenvalue weighted by molar-refractivity contribution is 5.76. The number of likely N-dealkylation sites (tertiary alicyclic amines) is 1. The van der Waals surface area contributed by atoms with Gasteiger partial charge in [0.2, 0.25) is 5.91 Å². The first-order chi connectivity index (χ1) is 14.0. The molecule has 2 aliphatic heterocycles. The van der Waals surface area contributed by atoms with Gasteiger partial charge in [0.25, 0.3) is 0 Å². The Labute approximate surface area is 171 Å². The fourth-order valence-electron chi connectivity index (χ4n) is 4.53. The minimum atomic E-state index is 0.297. The standard InChI is InChI=1S/C22H30N4O3/c1-14-22(15(2)29-25-14)20-13-19(23-16(3)24-20)18-4-8-26(9-5-18)21(27)12-17-6-10-28-11-7-17/h13,17-18H,4-12H2,1-3H3. The lowest BCUT2D eigenvalue weighted by Gasteiger charge is -2.33. The average molecular weight is 399 g/mol. The molecule has 2 aromatic heterocycles. The lowest BCUT2D eigenvalue weighted by atomic mass is 9.91. The maximum absolute atomic E-state index is 12.7.